The summed E-state index contributed by atoms with van der Waals surface area (Å²) in [5.74, 6) is 0. The summed E-state index contributed by atoms with van der Waals surface area (Å²) < 4.78 is 14.9. The smallest absolute Gasteiger partial charge is 0.160 e. The topological polar surface area (TPSA) is 48.0 Å². The van der Waals surface area contributed by atoms with Crippen molar-refractivity contribution in [3.63, 3.8) is 0 Å². The van der Waals surface area contributed by atoms with Gasteiger partial charge in [0.25, 0.3) is 0 Å². The summed E-state index contributed by atoms with van der Waals surface area (Å²) in [5, 5.41) is 28.4. The van der Waals surface area contributed by atoms with E-state index < -0.39 is 0 Å². The van der Waals surface area contributed by atoms with Crippen molar-refractivity contribution >= 4 is 215 Å². The van der Waals surface area contributed by atoms with Gasteiger partial charge in [-0.05, 0) is 263 Å². The number of nitrogens with one attached hydrogen (secondary N) is 1. The first-order valence-electron chi connectivity index (χ1n) is 40.7. The van der Waals surface area contributed by atoms with Gasteiger partial charge < -0.3 is 28.9 Å². The number of para-hydroxylation sites is 6. The molecule has 0 fully saturated rings. The molecule has 24 aromatic rings. The van der Waals surface area contributed by atoms with E-state index >= 15 is 0 Å². The van der Waals surface area contributed by atoms with E-state index in [0.717, 1.165) is 84.9 Å². The zero-order valence-electron chi connectivity index (χ0n) is 66.0. The first-order valence-corrected chi connectivity index (χ1v) is 41.8. The van der Waals surface area contributed by atoms with Crippen molar-refractivity contribution in [2.75, 3.05) is 20.0 Å². The van der Waals surface area contributed by atoms with E-state index in [0.29, 0.717) is 0 Å². The number of furan rings is 2. The van der Waals surface area contributed by atoms with Crippen LogP contribution >= 0.6 is 22.6 Å². The standard InChI is InChI=1S/C56H38N2O.C38H24INO.C18H15N/c1-35-33-49(57(40-18-8-4-9-19-40)47-23-13-12-22-44(47)37-15-6-3-7-16-37)45-30-28-43-36(2)34-50(46-31-29-42(35)54(45)55(43)46)58(41-20-10-5-11-21-41)48-32-27-39-26-25-38-17-14-24-51-52(38)53(39)56(48)59-51;1-21-19-30(39)28-16-14-27-22(2)20-32(29-17-15-26(21)36(28)37(27)29)40(25-8-4-3-5-9-25)31-18-13-24-12-11-23-7-6-10-33-34(23)35(24)38(31)41-33;1-3-9-15(10-4-1)17-13-7-8-14-18(17)19-16-11-5-2-6-12-16/h3-34H,1-2H3;3-20H,1-2H3;1-14,19H. The highest BCUT2D eigenvalue weighted by Gasteiger charge is 2.30. The van der Waals surface area contributed by atoms with Crippen LogP contribution in [0.2, 0.25) is 0 Å². The molecular weight excluding hydrogens is 1560 g/mol. The molecule has 7 heteroatoms. The van der Waals surface area contributed by atoms with Gasteiger partial charge >= 0.3 is 0 Å². The average Bonchev–Trinajstić information content (AvgIpc) is 1.57. The van der Waals surface area contributed by atoms with Gasteiger partial charge in [-0.15, -0.1) is 0 Å². The molecule has 1 N–H and O–H groups in total. The fourth-order valence-electron chi connectivity index (χ4n) is 18.9. The zero-order valence-corrected chi connectivity index (χ0v) is 68.1. The van der Waals surface area contributed by atoms with Crippen LogP contribution in [-0.2, 0) is 0 Å². The van der Waals surface area contributed by atoms with E-state index in [1.165, 1.54) is 156 Å². The number of benzene rings is 22. The molecule has 0 spiro atoms. The van der Waals surface area contributed by atoms with Gasteiger partial charge in [0.15, 0.2) is 11.2 Å². The Labute approximate surface area is 702 Å². The lowest BCUT2D eigenvalue weighted by Crippen LogP contribution is -2.13. The monoisotopic (exact) mass is 1640 g/mol. The van der Waals surface area contributed by atoms with E-state index in [-0.39, 0.29) is 0 Å². The maximum absolute atomic E-state index is 6.86. The normalized spacial score (nSPS) is 11.7. The Morgan fingerprint density at radius 1 is 0.235 bits per heavy atom. The molecule has 22 aromatic carbocycles. The molecule has 0 saturated carbocycles. The second-order valence-corrected chi connectivity index (χ2v) is 32.5. The largest absolute Gasteiger partial charge is 0.454 e. The molecule has 6 nitrogen and oxygen atoms in total. The molecule has 0 unspecified atom stereocenters. The second kappa shape index (κ2) is 29.0. The highest BCUT2D eigenvalue weighted by molar-refractivity contribution is 14.1. The fourth-order valence-corrected chi connectivity index (χ4v) is 19.9. The lowest BCUT2D eigenvalue weighted by Gasteiger charge is -2.31. The molecule has 0 bridgehead atoms. The quantitative estimate of drug-likeness (QED) is 0.0917. The molecule has 564 valence electrons. The van der Waals surface area contributed by atoms with Crippen molar-refractivity contribution in [1.29, 1.82) is 0 Å². The van der Waals surface area contributed by atoms with Crippen molar-refractivity contribution in [1.82, 2.24) is 0 Å². The van der Waals surface area contributed by atoms with Gasteiger partial charge in [0.05, 0.1) is 34.1 Å². The maximum Gasteiger partial charge on any atom is 0.160 e. The Morgan fingerprint density at radius 2 is 0.563 bits per heavy atom. The SMILES string of the molecule is Cc1cc(I)c2ccc3c(C)cc(N(c4ccccc4)c4ccc5ccc6cccc7oc4c5c67)c4ccc1c2c34.Cc1cc(N(c2ccccc2)c2ccccc2-c2ccccc2)c2ccc3c(C)cc(N(c4ccccc4)c4ccc5ccc6cccc7oc4c5c67)c4ccc1c2c34.c1ccc(Nc2ccccc2-c2ccccc2)cc1. The molecule has 0 aliphatic carbocycles. The lowest BCUT2D eigenvalue weighted by molar-refractivity contribution is 0.669. The molecule has 0 saturated heterocycles. The third kappa shape index (κ3) is 11.9. The number of rotatable bonds is 13. The number of nitrogens with zero attached hydrogens (tertiary/aromatic N) is 3. The molecule has 24 rings (SSSR count). The van der Waals surface area contributed by atoms with Gasteiger partial charge in [0.2, 0.25) is 0 Å². The Hall–Kier alpha value is -14.5. The zero-order chi connectivity index (χ0) is 79.5. The predicted molar refractivity (Wildman–Crippen MR) is 515 cm³/mol. The molecule has 0 aliphatic heterocycles. The lowest BCUT2D eigenvalue weighted by atomic mass is 9.88. The summed E-state index contributed by atoms with van der Waals surface area (Å²) in [5.41, 5.74) is 25.7. The molecular formula is C112H77IN4O2. The van der Waals surface area contributed by atoms with Crippen molar-refractivity contribution in [2.45, 2.75) is 27.7 Å². The van der Waals surface area contributed by atoms with Crippen LogP contribution in [0.3, 0.4) is 0 Å². The van der Waals surface area contributed by atoms with E-state index in [2.05, 4.69) is 434 Å². The number of hydrogen-bond donors (Lipinski definition) is 1. The second-order valence-electron chi connectivity index (χ2n) is 31.3. The molecule has 119 heavy (non-hydrogen) atoms. The van der Waals surface area contributed by atoms with Gasteiger partial charge in [-0.2, -0.15) is 0 Å². The van der Waals surface area contributed by atoms with E-state index in [1.807, 2.05) is 24.3 Å². The molecule has 0 amide bonds. The number of hydrogen-bond acceptors (Lipinski definition) is 6. The summed E-state index contributed by atoms with van der Waals surface area (Å²) in [6, 6.07) is 139. The first-order chi connectivity index (χ1) is 58.6. The minimum absolute atomic E-state index is 0.898. The summed E-state index contributed by atoms with van der Waals surface area (Å²) >= 11 is 2.49. The fraction of sp³-hybridized carbons (Fsp3) is 0.0357. The minimum Gasteiger partial charge on any atom is -0.454 e. The van der Waals surface area contributed by atoms with Gasteiger partial charge in [-0.3, -0.25) is 0 Å². The third-order valence-electron chi connectivity index (χ3n) is 24.3. The summed E-state index contributed by atoms with van der Waals surface area (Å²) in [7, 11) is 0. The predicted octanol–water partition coefficient (Wildman–Crippen LogP) is 33.2. The Bertz CT molecular complexity index is 7920. The Morgan fingerprint density at radius 3 is 1.01 bits per heavy atom. The number of aryl methyl sites for hydroxylation is 4. The van der Waals surface area contributed by atoms with Crippen LogP contribution in [0, 0.1) is 31.3 Å². The molecule has 2 aromatic heterocycles. The minimum atomic E-state index is 0.898. The van der Waals surface area contributed by atoms with Gasteiger partial charge in [-0.1, -0.05) is 279 Å². The van der Waals surface area contributed by atoms with Crippen LogP contribution < -0.4 is 20.0 Å². The van der Waals surface area contributed by atoms with Gasteiger partial charge in [0.1, 0.15) is 11.2 Å². The van der Waals surface area contributed by atoms with Crippen molar-refractivity contribution in [3.8, 4) is 22.3 Å². The third-order valence-corrected chi connectivity index (χ3v) is 25.2. The van der Waals surface area contributed by atoms with Gasteiger partial charge in [-0.25, -0.2) is 0 Å². The Balaban J connectivity index is 0.000000122. The Kier molecular flexibility index (Phi) is 17.3. The first kappa shape index (κ1) is 71.1. The van der Waals surface area contributed by atoms with Gasteiger partial charge in [0, 0.05) is 80.8 Å². The molecule has 0 aliphatic rings. The van der Waals surface area contributed by atoms with Crippen molar-refractivity contribution in [2.24, 2.45) is 0 Å². The van der Waals surface area contributed by atoms with Crippen LogP contribution in [0.5, 0.6) is 0 Å². The van der Waals surface area contributed by atoms with E-state index in [9.17, 15) is 0 Å². The van der Waals surface area contributed by atoms with Crippen molar-refractivity contribution < 1.29 is 8.83 Å². The number of anilines is 11. The summed E-state index contributed by atoms with van der Waals surface area (Å²) in [4.78, 5) is 7.27. The molecule has 0 atom stereocenters. The van der Waals surface area contributed by atoms with E-state index in [1.54, 1.807) is 0 Å². The average molecular weight is 1640 g/mol. The van der Waals surface area contributed by atoms with Crippen LogP contribution in [0.15, 0.2) is 397 Å². The van der Waals surface area contributed by atoms with E-state index in [4.69, 9.17) is 8.83 Å². The molecule has 2 heterocycles. The highest BCUT2D eigenvalue weighted by atomic mass is 127. The van der Waals surface area contributed by atoms with Crippen LogP contribution in [0.4, 0.5) is 62.6 Å². The maximum atomic E-state index is 6.86. The van der Waals surface area contributed by atoms with Crippen molar-refractivity contribution in [3.05, 3.63) is 414 Å². The molecule has 0 radical (unpaired) electrons. The number of halogens is 1. The highest BCUT2D eigenvalue weighted by Crippen LogP contribution is 2.55. The summed E-state index contributed by atoms with van der Waals surface area (Å²) in [6.45, 7) is 8.99. The van der Waals surface area contributed by atoms with Crippen LogP contribution in [0.1, 0.15) is 22.3 Å². The van der Waals surface area contributed by atoms with Crippen LogP contribution in [-0.4, -0.2) is 0 Å². The summed E-state index contributed by atoms with van der Waals surface area (Å²) in [6.07, 6.45) is 0. The van der Waals surface area contributed by atoms with Crippen LogP contribution in [0.25, 0.3) is 152 Å².